The Kier molecular flexibility index (Phi) is 2.99. The molecule has 0 unspecified atom stereocenters. The number of nitrogens with zero attached hydrogens (tertiary/aromatic N) is 2. The molecule has 18 heavy (non-hydrogen) atoms. The number of halogens is 3. The van der Waals surface area contributed by atoms with Crippen LogP contribution in [0.25, 0.3) is 6.08 Å². The van der Waals surface area contributed by atoms with Crippen molar-refractivity contribution in [3.05, 3.63) is 23.2 Å². The molecule has 1 aliphatic carbocycles. The summed E-state index contributed by atoms with van der Waals surface area (Å²) in [6, 6.07) is 0. The smallest absolute Gasteiger partial charge is 0.266 e. The van der Waals surface area contributed by atoms with E-state index in [1.807, 2.05) is 0 Å². The van der Waals surface area contributed by atoms with Gasteiger partial charge in [0.15, 0.2) is 0 Å². The zero-order valence-electron chi connectivity index (χ0n) is 10.2. The zero-order valence-corrected chi connectivity index (χ0v) is 10.2. The molecule has 2 nitrogen and oxygen atoms in total. The van der Waals surface area contributed by atoms with E-state index in [-0.39, 0.29) is 24.0 Å². The maximum Gasteiger partial charge on any atom is 0.398 e. The lowest BCUT2D eigenvalue weighted by molar-refractivity contribution is -0.174. The van der Waals surface area contributed by atoms with Crippen molar-refractivity contribution in [1.82, 2.24) is 9.97 Å². The first kappa shape index (κ1) is 13.1. The van der Waals surface area contributed by atoms with Crippen LogP contribution in [0.15, 0.2) is 11.8 Å². The van der Waals surface area contributed by atoms with E-state index < -0.39 is 11.6 Å². The van der Waals surface area contributed by atoms with Gasteiger partial charge in [-0.3, -0.25) is 9.97 Å². The van der Waals surface area contributed by atoms with Crippen molar-refractivity contribution < 1.29 is 13.2 Å². The molecule has 2 radical (unpaired) electrons. The molecule has 1 aromatic heterocycles. The van der Waals surface area contributed by atoms with Crippen molar-refractivity contribution >= 4 is 19.5 Å². The van der Waals surface area contributed by atoms with E-state index in [1.54, 1.807) is 6.92 Å². The average molecular weight is 252 g/mol. The highest BCUT2D eigenvalue weighted by atomic mass is 19.4. The van der Waals surface area contributed by atoms with Crippen molar-refractivity contribution in [2.45, 2.75) is 32.9 Å². The second-order valence-corrected chi connectivity index (χ2v) is 4.67. The van der Waals surface area contributed by atoms with E-state index in [2.05, 4.69) is 9.97 Å². The van der Waals surface area contributed by atoms with Gasteiger partial charge in [-0.25, -0.2) is 0 Å². The van der Waals surface area contributed by atoms with Gasteiger partial charge in [-0.05, 0) is 32.8 Å². The highest BCUT2D eigenvalue weighted by Crippen LogP contribution is 2.62. The minimum absolute atomic E-state index is 0.153. The Balaban J connectivity index is 2.34. The summed E-state index contributed by atoms with van der Waals surface area (Å²) >= 11 is 0. The van der Waals surface area contributed by atoms with Crippen LogP contribution in [0.5, 0.6) is 0 Å². The summed E-state index contributed by atoms with van der Waals surface area (Å²) in [5.74, 6) is 0. The summed E-state index contributed by atoms with van der Waals surface area (Å²) in [5.41, 5.74) is -0.122. The molecule has 1 aliphatic rings. The lowest BCUT2D eigenvalue weighted by atomic mass is 9.95. The number of allylic oxidation sites excluding steroid dienone is 1. The van der Waals surface area contributed by atoms with Crippen LogP contribution in [0.2, 0.25) is 0 Å². The molecule has 94 valence electrons. The lowest BCUT2D eigenvalue weighted by Gasteiger charge is -2.20. The van der Waals surface area contributed by atoms with Gasteiger partial charge < -0.3 is 0 Å². The predicted molar refractivity (Wildman–Crippen MR) is 63.5 cm³/mol. The van der Waals surface area contributed by atoms with Crippen LogP contribution in [-0.4, -0.2) is 24.0 Å². The third-order valence-electron chi connectivity index (χ3n) is 3.40. The highest BCUT2D eigenvalue weighted by molar-refractivity contribution is 6.30. The lowest BCUT2D eigenvalue weighted by Crippen LogP contribution is -2.25. The maximum atomic E-state index is 12.9. The van der Waals surface area contributed by atoms with Crippen molar-refractivity contribution in [3.63, 3.8) is 0 Å². The monoisotopic (exact) mass is 252 g/mol. The molecule has 0 N–H and O–H groups in total. The number of alkyl halides is 3. The van der Waals surface area contributed by atoms with Crippen molar-refractivity contribution in [2.75, 3.05) is 0 Å². The molecule has 0 spiro atoms. The summed E-state index contributed by atoms with van der Waals surface area (Å²) in [7, 11) is 5.45. The summed E-state index contributed by atoms with van der Waals surface area (Å²) in [6.07, 6.45) is -1.08. The second-order valence-electron chi connectivity index (χ2n) is 4.67. The topological polar surface area (TPSA) is 25.8 Å². The number of hydrogen-bond acceptors (Lipinski definition) is 2. The minimum Gasteiger partial charge on any atom is -0.266 e. The Morgan fingerprint density at radius 2 is 2.06 bits per heavy atom. The quantitative estimate of drug-likeness (QED) is 0.755. The summed E-state index contributed by atoms with van der Waals surface area (Å²) in [4.78, 5) is 7.99. The van der Waals surface area contributed by atoms with E-state index in [4.69, 9.17) is 7.85 Å². The van der Waals surface area contributed by atoms with Crippen molar-refractivity contribution in [3.8, 4) is 0 Å². The van der Waals surface area contributed by atoms with Gasteiger partial charge in [-0.15, -0.1) is 0 Å². The molecule has 1 aromatic rings. The first-order valence-electron chi connectivity index (χ1n) is 5.61. The van der Waals surface area contributed by atoms with Gasteiger partial charge in [0.05, 0.1) is 16.8 Å². The molecular weight excluding hydrogens is 240 g/mol. The van der Waals surface area contributed by atoms with Crippen LogP contribution >= 0.6 is 0 Å². The molecule has 1 fully saturated rings. The van der Waals surface area contributed by atoms with Crippen molar-refractivity contribution in [1.29, 1.82) is 0 Å². The van der Waals surface area contributed by atoms with Crippen LogP contribution in [-0.2, 0) is 0 Å². The van der Waals surface area contributed by atoms with Crippen LogP contribution in [0.4, 0.5) is 13.2 Å². The Labute approximate surface area is 105 Å². The molecule has 0 amide bonds. The molecule has 6 heteroatoms. The van der Waals surface area contributed by atoms with Gasteiger partial charge in [-0.1, -0.05) is 5.57 Å². The van der Waals surface area contributed by atoms with Gasteiger partial charge in [0, 0.05) is 11.8 Å². The molecule has 0 bridgehead atoms. The molecule has 1 heterocycles. The normalized spacial score (nSPS) is 18.8. The maximum absolute atomic E-state index is 12.9. The fraction of sp³-hybridized carbons (Fsp3) is 0.500. The highest BCUT2D eigenvalue weighted by Gasteiger charge is 2.64. The number of rotatable bonds is 2. The van der Waals surface area contributed by atoms with E-state index >= 15 is 0 Å². The van der Waals surface area contributed by atoms with E-state index in [1.165, 1.54) is 19.2 Å². The molecule has 0 aromatic carbocycles. The van der Waals surface area contributed by atoms with Crippen LogP contribution in [0, 0.1) is 12.3 Å². The van der Waals surface area contributed by atoms with Crippen LogP contribution in [0.3, 0.4) is 0 Å². The SMILES string of the molecule is [B]c1cnc(/C=C(\C)C2(C(F)(F)F)CC2)c(C)n1. The molecule has 0 saturated heterocycles. The number of aromatic nitrogens is 2. The first-order chi connectivity index (χ1) is 8.26. The van der Waals surface area contributed by atoms with Gasteiger partial charge in [-0.2, -0.15) is 13.2 Å². The van der Waals surface area contributed by atoms with Gasteiger partial charge >= 0.3 is 6.18 Å². The Morgan fingerprint density at radius 1 is 1.44 bits per heavy atom. The minimum atomic E-state index is -4.19. The van der Waals surface area contributed by atoms with E-state index in [0.29, 0.717) is 11.4 Å². The Bertz CT molecular complexity index is 505. The first-order valence-corrected chi connectivity index (χ1v) is 5.61. The fourth-order valence-corrected chi connectivity index (χ4v) is 2.02. The third-order valence-corrected chi connectivity index (χ3v) is 3.40. The van der Waals surface area contributed by atoms with Crippen LogP contribution in [0.1, 0.15) is 31.2 Å². The molecule has 0 aliphatic heterocycles. The largest absolute Gasteiger partial charge is 0.398 e. The zero-order chi connectivity index (χ0) is 13.6. The van der Waals surface area contributed by atoms with Gasteiger partial charge in [0.25, 0.3) is 0 Å². The Hall–Kier alpha value is -1.33. The van der Waals surface area contributed by atoms with Gasteiger partial charge in [0.1, 0.15) is 7.85 Å². The van der Waals surface area contributed by atoms with Crippen molar-refractivity contribution in [2.24, 2.45) is 5.41 Å². The number of hydrogen-bond donors (Lipinski definition) is 0. The second kappa shape index (κ2) is 4.11. The summed E-state index contributed by atoms with van der Waals surface area (Å²) in [6.45, 7) is 3.17. The average Bonchev–Trinajstić information content (AvgIpc) is 3.01. The number of aryl methyl sites for hydroxylation is 1. The molecule has 2 rings (SSSR count). The standard InChI is InChI=1S/C12H12BF3N2/c1-7(11(3-4-11)12(14,15)16)5-9-8(2)18-10(13)6-17-9/h5-6H,3-4H2,1-2H3/b7-5+. The Morgan fingerprint density at radius 3 is 2.50 bits per heavy atom. The van der Waals surface area contributed by atoms with Crippen LogP contribution < -0.4 is 5.59 Å². The summed E-state index contributed by atoms with van der Waals surface area (Å²) < 4.78 is 38.8. The summed E-state index contributed by atoms with van der Waals surface area (Å²) in [5, 5.41) is 0. The molecular formula is C12H12BF3N2. The van der Waals surface area contributed by atoms with E-state index in [9.17, 15) is 13.2 Å². The van der Waals surface area contributed by atoms with Gasteiger partial charge in [0.2, 0.25) is 0 Å². The van der Waals surface area contributed by atoms with E-state index in [0.717, 1.165) is 0 Å². The molecule has 0 atom stereocenters. The predicted octanol–water partition coefficient (Wildman–Crippen LogP) is 2.32. The fourth-order valence-electron chi connectivity index (χ4n) is 2.02. The molecule has 1 saturated carbocycles. The third kappa shape index (κ3) is 2.16.